The summed E-state index contributed by atoms with van der Waals surface area (Å²) in [6.45, 7) is 8.96. The number of unbranched alkanes of at least 4 members (excludes halogenated alkanes) is 3. The highest BCUT2D eigenvalue weighted by Gasteiger charge is 2.12. The first-order valence-electron chi connectivity index (χ1n) is 14.5. The third-order valence-electron chi connectivity index (χ3n) is 6.48. The molecule has 38 heavy (non-hydrogen) atoms. The Morgan fingerprint density at radius 1 is 0.737 bits per heavy atom. The van der Waals surface area contributed by atoms with Crippen LogP contribution in [0.4, 0.5) is 0 Å². The van der Waals surface area contributed by atoms with Gasteiger partial charge in [-0.05, 0) is 98.3 Å². The Balaban J connectivity index is 1.80. The van der Waals surface area contributed by atoms with E-state index in [1.54, 1.807) is 0 Å². The van der Waals surface area contributed by atoms with Gasteiger partial charge in [-0.15, -0.1) is 0 Å². The summed E-state index contributed by atoms with van der Waals surface area (Å²) in [5.74, 6) is 3.45. The van der Waals surface area contributed by atoms with Crippen LogP contribution in [0.2, 0.25) is 0 Å². The smallest absolute Gasteiger partial charge is 0.128 e. The Morgan fingerprint density at radius 3 is 1.89 bits per heavy atom. The first-order valence-corrected chi connectivity index (χ1v) is 15.7. The highest BCUT2D eigenvalue weighted by atomic mass is 32.2. The number of ether oxygens (including phenoxy) is 1. The van der Waals surface area contributed by atoms with Gasteiger partial charge in [0.25, 0.3) is 0 Å². The summed E-state index contributed by atoms with van der Waals surface area (Å²) < 4.78 is 6.50. The minimum atomic E-state index is 0.793. The molecule has 0 bridgehead atoms. The molecule has 0 aliphatic rings. The zero-order chi connectivity index (χ0) is 27.4. The number of nitrogens with zero attached hydrogens (tertiary/aromatic N) is 2. The zero-order valence-electron chi connectivity index (χ0n) is 24.9. The molecule has 0 atom stereocenters. The summed E-state index contributed by atoms with van der Waals surface area (Å²) in [7, 11) is 8.53. The van der Waals surface area contributed by atoms with E-state index in [0.29, 0.717) is 0 Å². The van der Waals surface area contributed by atoms with Crippen molar-refractivity contribution >= 4 is 11.8 Å². The van der Waals surface area contributed by atoms with Crippen LogP contribution in [0.25, 0.3) is 0 Å². The second-order valence-corrected chi connectivity index (χ2v) is 12.0. The summed E-state index contributed by atoms with van der Waals surface area (Å²) in [4.78, 5) is 4.48. The van der Waals surface area contributed by atoms with E-state index in [4.69, 9.17) is 4.74 Å². The Morgan fingerprint density at radius 2 is 1.32 bits per heavy atom. The van der Waals surface area contributed by atoms with Gasteiger partial charge in [0, 0.05) is 30.0 Å². The van der Waals surface area contributed by atoms with Crippen LogP contribution in [-0.4, -0.2) is 76.5 Å². The van der Waals surface area contributed by atoms with Gasteiger partial charge in [-0.2, -0.15) is 11.8 Å². The van der Waals surface area contributed by atoms with Gasteiger partial charge in [-0.25, -0.2) is 0 Å². The summed E-state index contributed by atoms with van der Waals surface area (Å²) in [6.07, 6.45) is 7.21. The summed E-state index contributed by atoms with van der Waals surface area (Å²) in [6, 6.07) is 15.4. The van der Waals surface area contributed by atoms with Crippen molar-refractivity contribution in [1.82, 2.24) is 20.4 Å². The Hall–Kier alpha value is -1.57. The minimum absolute atomic E-state index is 0.793. The van der Waals surface area contributed by atoms with E-state index in [9.17, 15) is 0 Å². The van der Waals surface area contributed by atoms with E-state index in [-0.39, 0.29) is 0 Å². The van der Waals surface area contributed by atoms with Gasteiger partial charge in [-0.3, -0.25) is 0 Å². The van der Waals surface area contributed by atoms with Gasteiger partial charge < -0.3 is 25.2 Å². The van der Waals surface area contributed by atoms with E-state index in [2.05, 4.69) is 98.0 Å². The van der Waals surface area contributed by atoms with E-state index < -0.39 is 0 Å². The standard InChI is InChI=1S/C32H54N4OS/c1-28-23-30(25-33-17-13-19-35(2)3)32(31(24-28)26-34-18-14-20-36(4)5)37-21-11-6-7-12-22-38-27-29-15-9-8-10-16-29/h8-10,15-16,23-24,33-34H,6-7,11-14,17-22,25-27H2,1-5H3. The largest absolute Gasteiger partial charge is 0.493 e. The van der Waals surface area contributed by atoms with Crippen LogP contribution >= 0.6 is 11.8 Å². The average molecular weight is 543 g/mol. The van der Waals surface area contributed by atoms with Crippen LogP contribution in [0.15, 0.2) is 42.5 Å². The second-order valence-electron chi connectivity index (χ2n) is 10.9. The van der Waals surface area contributed by atoms with Gasteiger partial charge in [-0.1, -0.05) is 60.9 Å². The molecule has 2 aromatic rings. The van der Waals surface area contributed by atoms with E-state index >= 15 is 0 Å². The van der Waals surface area contributed by atoms with Gasteiger partial charge in [0.15, 0.2) is 0 Å². The Kier molecular flexibility index (Phi) is 17.5. The van der Waals surface area contributed by atoms with Crippen LogP contribution in [0.1, 0.15) is 60.8 Å². The molecule has 6 heteroatoms. The lowest BCUT2D eigenvalue weighted by Gasteiger charge is -2.19. The lowest BCUT2D eigenvalue weighted by Crippen LogP contribution is -2.23. The van der Waals surface area contributed by atoms with Crippen LogP contribution < -0.4 is 15.4 Å². The minimum Gasteiger partial charge on any atom is -0.493 e. The third-order valence-corrected chi connectivity index (χ3v) is 7.59. The molecule has 0 radical (unpaired) electrons. The molecule has 0 heterocycles. The molecule has 5 nitrogen and oxygen atoms in total. The number of hydrogen-bond donors (Lipinski definition) is 2. The van der Waals surface area contributed by atoms with E-state index in [1.807, 2.05) is 11.8 Å². The van der Waals surface area contributed by atoms with Crippen molar-refractivity contribution in [3.8, 4) is 5.75 Å². The maximum absolute atomic E-state index is 6.50. The molecule has 0 aliphatic heterocycles. The van der Waals surface area contributed by atoms with Crippen LogP contribution in [-0.2, 0) is 18.8 Å². The van der Waals surface area contributed by atoms with Crippen molar-refractivity contribution in [2.24, 2.45) is 0 Å². The summed E-state index contributed by atoms with van der Waals surface area (Å²) >= 11 is 2.05. The fourth-order valence-corrected chi connectivity index (χ4v) is 5.44. The molecule has 0 spiro atoms. The van der Waals surface area contributed by atoms with Crippen molar-refractivity contribution in [2.75, 3.05) is 66.7 Å². The van der Waals surface area contributed by atoms with Crippen molar-refractivity contribution in [2.45, 2.75) is 64.3 Å². The predicted molar refractivity (Wildman–Crippen MR) is 168 cm³/mol. The number of thioether (sulfide) groups is 1. The van der Waals surface area contributed by atoms with Crippen LogP contribution in [0.3, 0.4) is 0 Å². The summed E-state index contributed by atoms with van der Waals surface area (Å²) in [5, 5.41) is 7.30. The highest BCUT2D eigenvalue weighted by Crippen LogP contribution is 2.27. The van der Waals surface area contributed by atoms with Crippen molar-refractivity contribution in [3.63, 3.8) is 0 Å². The van der Waals surface area contributed by atoms with Gasteiger partial charge in [0.1, 0.15) is 5.75 Å². The lowest BCUT2D eigenvalue weighted by atomic mass is 10.0. The molecule has 214 valence electrons. The molecule has 2 aromatic carbocycles. The van der Waals surface area contributed by atoms with Crippen molar-refractivity contribution < 1.29 is 4.74 Å². The molecule has 0 aromatic heterocycles. The van der Waals surface area contributed by atoms with Crippen LogP contribution in [0, 0.1) is 6.92 Å². The predicted octanol–water partition coefficient (Wildman–Crippen LogP) is 5.95. The monoisotopic (exact) mass is 542 g/mol. The molecule has 0 aliphatic carbocycles. The van der Waals surface area contributed by atoms with Gasteiger partial charge >= 0.3 is 0 Å². The molecular formula is C32H54N4OS. The van der Waals surface area contributed by atoms with Crippen LogP contribution in [0.5, 0.6) is 5.75 Å². The molecule has 0 unspecified atom stereocenters. The quantitative estimate of drug-likeness (QED) is 0.179. The number of benzene rings is 2. The molecule has 2 N–H and O–H groups in total. The van der Waals surface area contributed by atoms with Crippen molar-refractivity contribution in [1.29, 1.82) is 0 Å². The molecular weight excluding hydrogens is 488 g/mol. The highest BCUT2D eigenvalue weighted by molar-refractivity contribution is 7.98. The first-order chi connectivity index (χ1) is 18.5. The third kappa shape index (κ3) is 15.1. The van der Waals surface area contributed by atoms with E-state index in [0.717, 1.165) is 76.6 Å². The van der Waals surface area contributed by atoms with Crippen molar-refractivity contribution in [3.05, 3.63) is 64.7 Å². The first kappa shape index (κ1) is 32.6. The molecule has 2 rings (SSSR count). The Labute approximate surface area is 238 Å². The molecule has 0 amide bonds. The summed E-state index contributed by atoms with van der Waals surface area (Å²) in [5.41, 5.74) is 5.31. The maximum atomic E-state index is 6.50. The SMILES string of the molecule is Cc1cc(CNCCCN(C)C)c(OCCCCCCSCc2ccccc2)c(CNCCCN(C)C)c1. The molecule has 0 fully saturated rings. The topological polar surface area (TPSA) is 39.8 Å². The number of nitrogens with one attached hydrogen (secondary N) is 2. The van der Waals surface area contributed by atoms with Gasteiger partial charge in [0.05, 0.1) is 6.61 Å². The Bertz CT molecular complexity index is 821. The maximum Gasteiger partial charge on any atom is 0.128 e. The number of rotatable bonds is 22. The average Bonchev–Trinajstić information content (AvgIpc) is 2.88. The fraction of sp³-hybridized carbons (Fsp3) is 0.625. The molecule has 0 saturated heterocycles. The number of aryl methyl sites for hydroxylation is 1. The lowest BCUT2D eigenvalue weighted by molar-refractivity contribution is 0.297. The number of hydrogen-bond acceptors (Lipinski definition) is 6. The molecule has 0 saturated carbocycles. The van der Waals surface area contributed by atoms with Gasteiger partial charge in [0.2, 0.25) is 0 Å². The normalized spacial score (nSPS) is 11.6. The second kappa shape index (κ2) is 20.3. The van der Waals surface area contributed by atoms with E-state index in [1.165, 1.54) is 47.3 Å². The zero-order valence-corrected chi connectivity index (χ0v) is 25.7. The fourth-order valence-electron chi connectivity index (χ4n) is 4.46.